The predicted molar refractivity (Wildman–Crippen MR) is 183 cm³/mol. The highest BCUT2D eigenvalue weighted by atomic mass is 32.2. The molecule has 0 aliphatic heterocycles. The Labute approximate surface area is 298 Å². The Bertz CT molecular complexity index is 2210. The Morgan fingerprint density at radius 3 is 1.98 bits per heavy atom. The van der Waals surface area contributed by atoms with Crippen molar-refractivity contribution in [1.29, 1.82) is 0 Å². The van der Waals surface area contributed by atoms with E-state index in [9.17, 15) is 36.0 Å². The van der Waals surface area contributed by atoms with Crippen LogP contribution in [0.2, 0.25) is 0 Å². The minimum Gasteiger partial charge on any atom is -0.496 e. The van der Waals surface area contributed by atoms with Gasteiger partial charge in [-0.3, -0.25) is 14.5 Å². The number of sulfonamides is 2. The smallest absolute Gasteiger partial charge is 0.337 e. The van der Waals surface area contributed by atoms with Gasteiger partial charge in [-0.25, -0.2) is 35.9 Å². The summed E-state index contributed by atoms with van der Waals surface area (Å²) in [5, 5.41) is 11.9. The van der Waals surface area contributed by atoms with E-state index in [1.165, 1.54) is 63.7 Å². The topological polar surface area (TPSA) is 253 Å². The molecule has 1 saturated carbocycles. The van der Waals surface area contributed by atoms with Crippen LogP contribution in [0.5, 0.6) is 11.8 Å². The number of amides is 4. The monoisotopic (exact) mass is 755 g/mol. The maximum atomic E-state index is 12.4. The molecule has 1 aliphatic rings. The lowest BCUT2D eigenvalue weighted by molar-refractivity contribution is 0.0692. The van der Waals surface area contributed by atoms with Crippen molar-refractivity contribution >= 4 is 49.8 Å². The number of carbonyl (C=O) groups is 4. The van der Waals surface area contributed by atoms with E-state index in [0.717, 1.165) is 29.9 Å². The number of methoxy groups -OCH3 is 2. The summed E-state index contributed by atoms with van der Waals surface area (Å²) >= 11 is 0. The highest BCUT2D eigenvalue weighted by Gasteiger charge is 2.27. The average Bonchev–Trinajstić information content (AvgIpc) is 3.94. The molecule has 0 spiro atoms. The summed E-state index contributed by atoms with van der Waals surface area (Å²) in [5.74, 6) is -2.09. The summed E-state index contributed by atoms with van der Waals surface area (Å²) < 4.78 is 63.3. The fraction of sp³-hybridized carbons (Fsp3) is 0.219. The molecule has 0 bridgehead atoms. The van der Waals surface area contributed by atoms with E-state index in [0.29, 0.717) is 5.56 Å². The lowest BCUT2D eigenvalue weighted by Crippen LogP contribution is -2.42. The number of carbonyl (C=O) groups excluding carboxylic acids is 3. The normalized spacial score (nSPS) is 12.3. The first kappa shape index (κ1) is 38.6. The number of hydrogen-bond donors (Lipinski definition) is 4. The molecule has 0 atom stereocenters. The van der Waals surface area contributed by atoms with Crippen LogP contribution in [0.4, 0.5) is 10.7 Å². The zero-order chi connectivity index (χ0) is 38.2. The molecule has 1 heterocycles. The molecule has 4 aromatic rings. The number of ether oxygens (including phenoxy) is 2. The minimum atomic E-state index is -4.44. The highest BCUT2D eigenvalue weighted by molar-refractivity contribution is 7.90. The molecule has 1 aromatic heterocycles. The average molecular weight is 756 g/mol. The minimum absolute atomic E-state index is 0.0498. The van der Waals surface area contributed by atoms with Crippen molar-refractivity contribution < 1.29 is 50.6 Å². The van der Waals surface area contributed by atoms with Crippen LogP contribution in [0.25, 0.3) is 0 Å². The molecule has 5 rings (SSSR count). The second-order valence-corrected chi connectivity index (χ2v) is 14.2. The van der Waals surface area contributed by atoms with Crippen molar-refractivity contribution in [3.05, 3.63) is 95.3 Å². The number of aromatic carboxylic acids is 1. The maximum Gasteiger partial charge on any atom is 0.337 e. The number of rotatable bonds is 11. The number of anilines is 1. The number of para-hydroxylation sites is 1. The molecule has 18 nitrogen and oxygen atoms in total. The quantitative estimate of drug-likeness (QED) is 0.171. The fourth-order valence-electron chi connectivity index (χ4n) is 4.24. The number of carboxylic acids is 1. The first-order valence-corrected chi connectivity index (χ1v) is 18.0. The van der Waals surface area contributed by atoms with Crippen molar-refractivity contribution in [2.75, 3.05) is 26.2 Å². The molecule has 0 unspecified atom stereocenters. The summed E-state index contributed by atoms with van der Waals surface area (Å²) in [4.78, 5) is 59.5. The van der Waals surface area contributed by atoms with Gasteiger partial charge in [0.25, 0.3) is 31.9 Å². The van der Waals surface area contributed by atoms with Crippen molar-refractivity contribution in [3.8, 4) is 11.8 Å². The van der Waals surface area contributed by atoms with Crippen LogP contribution in [0, 0.1) is 6.92 Å². The number of nitrogens with one attached hydrogen (secondary N) is 3. The molecule has 20 heteroatoms. The molecular weight excluding hydrogens is 723 g/mol. The van der Waals surface area contributed by atoms with E-state index in [-0.39, 0.29) is 45.9 Å². The van der Waals surface area contributed by atoms with Crippen molar-refractivity contribution in [1.82, 2.24) is 29.7 Å². The largest absolute Gasteiger partial charge is 0.496 e. The van der Waals surface area contributed by atoms with Crippen LogP contribution in [0.1, 0.15) is 49.7 Å². The third-order valence-corrected chi connectivity index (χ3v) is 9.77. The van der Waals surface area contributed by atoms with Crippen LogP contribution >= 0.6 is 0 Å². The summed E-state index contributed by atoms with van der Waals surface area (Å²) in [6, 6.07) is 15.7. The molecule has 0 saturated heterocycles. The maximum absolute atomic E-state index is 12.4. The lowest BCUT2D eigenvalue weighted by atomic mass is 10.2. The summed E-state index contributed by atoms with van der Waals surface area (Å²) in [6.45, 7) is 1.54. The van der Waals surface area contributed by atoms with Crippen LogP contribution in [-0.2, 0) is 20.0 Å². The number of hydrogen-bond acceptors (Lipinski definition) is 13. The van der Waals surface area contributed by atoms with Crippen molar-refractivity contribution in [2.24, 2.45) is 0 Å². The molecule has 274 valence electrons. The van der Waals surface area contributed by atoms with E-state index in [1.807, 2.05) is 4.72 Å². The van der Waals surface area contributed by atoms with Gasteiger partial charge in [0, 0.05) is 18.7 Å². The number of aryl methyl sites for hydroxylation is 1. The van der Waals surface area contributed by atoms with Gasteiger partial charge in [0.05, 0.1) is 30.2 Å². The lowest BCUT2D eigenvalue weighted by Gasteiger charge is -2.17. The second-order valence-electron chi connectivity index (χ2n) is 10.8. The zero-order valence-corrected chi connectivity index (χ0v) is 29.7. The molecule has 52 heavy (non-hydrogen) atoms. The van der Waals surface area contributed by atoms with Gasteiger partial charge in [0.15, 0.2) is 0 Å². The molecule has 1 fully saturated rings. The second kappa shape index (κ2) is 16.2. The van der Waals surface area contributed by atoms with Crippen LogP contribution in [-0.4, -0.2) is 88.0 Å². The molecule has 3 aromatic carbocycles. The number of benzene rings is 3. The first-order valence-electron chi connectivity index (χ1n) is 15.1. The number of carboxylic acid groups (broad SMARTS) is 1. The molecule has 0 radical (unpaired) electrons. The van der Waals surface area contributed by atoms with Crippen molar-refractivity contribution in [3.63, 3.8) is 0 Å². The van der Waals surface area contributed by atoms with Gasteiger partial charge in [-0.2, -0.15) is 15.0 Å². The SMILES string of the molecule is COc1ccccc1C(=O)NS(=O)(=O)c1ccc(C(=O)NC2CC2)cc1.COc1nc(C)nc(N(C)C(=O)NS(=O)(=O)c2ccccc2C(=O)O)n1. The van der Waals surface area contributed by atoms with E-state index >= 15 is 0 Å². The Kier molecular flexibility index (Phi) is 12.1. The summed E-state index contributed by atoms with van der Waals surface area (Å²) in [6.07, 6.45) is 1.93. The molecule has 4 N–H and O–H groups in total. The van der Waals surface area contributed by atoms with E-state index in [4.69, 9.17) is 14.6 Å². The zero-order valence-electron chi connectivity index (χ0n) is 28.1. The standard InChI is InChI=1S/C18H18N2O5S.C14H15N5O6S/c1-25-16-5-3-2-4-15(16)18(22)20-26(23,24)14-10-6-12(7-11-14)17(21)19-13-8-9-13;1-8-15-12(17-13(16-8)25-3)19(2)14(22)18-26(23,24)10-7-5-4-6-9(10)11(20)21/h2-7,10-11,13H,8-9H2,1H3,(H,19,21)(H,20,22);4-7H,1-3H3,(H,18,22)(H,20,21). The van der Waals surface area contributed by atoms with Gasteiger partial charge >= 0.3 is 18.0 Å². The van der Waals surface area contributed by atoms with Gasteiger partial charge in [-0.15, -0.1) is 0 Å². The molecular formula is C32H33N7O11S2. The van der Waals surface area contributed by atoms with Crippen LogP contribution < -0.4 is 29.1 Å². The van der Waals surface area contributed by atoms with E-state index < -0.39 is 48.4 Å². The third-order valence-electron chi connectivity index (χ3n) is 7.05. The Balaban J connectivity index is 0.000000233. The third kappa shape index (κ3) is 9.75. The van der Waals surface area contributed by atoms with Gasteiger partial charge in [-0.1, -0.05) is 24.3 Å². The summed E-state index contributed by atoms with van der Waals surface area (Å²) in [7, 11) is -4.55. The van der Waals surface area contributed by atoms with Gasteiger partial charge in [0.2, 0.25) is 5.95 Å². The highest BCUT2D eigenvalue weighted by Crippen LogP contribution is 2.21. The fourth-order valence-corrected chi connectivity index (χ4v) is 6.39. The van der Waals surface area contributed by atoms with E-state index in [2.05, 4.69) is 20.3 Å². The number of nitrogens with zero attached hydrogens (tertiary/aromatic N) is 4. The van der Waals surface area contributed by atoms with Gasteiger partial charge in [0.1, 0.15) is 16.5 Å². The van der Waals surface area contributed by atoms with Crippen molar-refractivity contribution in [2.45, 2.75) is 35.6 Å². The number of aromatic nitrogens is 3. The Morgan fingerprint density at radius 2 is 1.38 bits per heavy atom. The predicted octanol–water partition coefficient (Wildman–Crippen LogP) is 2.13. The molecule has 4 amide bonds. The van der Waals surface area contributed by atoms with Gasteiger partial charge < -0.3 is 19.9 Å². The number of urea groups is 1. The van der Waals surface area contributed by atoms with Crippen LogP contribution in [0.3, 0.4) is 0 Å². The van der Waals surface area contributed by atoms with E-state index in [1.54, 1.807) is 29.8 Å². The molecule has 1 aliphatic carbocycles. The summed E-state index contributed by atoms with van der Waals surface area (Å²) in [5.41, 5.74) is 0.0130. The Hall–Kier alpha value is -6.15. The van der Waals surface area contributed by atoms with Crippen LogP contribution in [0.15, 0.2) is 82.6 Å². The Morgan fingerprint density at radius 1 is 0.769 bits per heavy atom. The first-order chi connectivity index (χ1) is 24.6. The van der Waals surface area contributed by atoms with Gasteiger partial charge in [-0.05, 0) is 68.3 Å².